The molecule has 0 saturated carbocycles. The summed E-state index contributed by atoms with van der Waals surface area (Å²) in [5, 5.41) is 0. The Kier molecular flexibility index (Phi) is 3.76. The number of hydrogen-bond acceptors (Lipinski definition) is 4. The lowest BCUT2D eigenvalue weighted by molar-refractivity contribution is -0.218. The van der Waals surface area contributed by atoms with Gasteiger partial charge in [-0.05, 0) is 0 Å². The van der Waals surface area contributed by atoms with Crippen LogP contribution in [0.4, 0.5) is 0 Å². The first kappa shape index (κ1) is 9.22. The van der Waals surface area contributed by atoms with Crippen LogP contribution in [0, 0.1) is 0 Å². The number of rotatable bonds is 5. The molecule has 0 aromatic heterocycles. The molecule has 12 heavy (non-hydrogen) atoms. The normalized spacial score (nSPS) is 21.2. The highest BCUT2D eigenvalue weighted by Crippen LogP contribution is 2.11. The van der Waals surface area contributed by atoms with Crippen molar-refractivity contribution in [3.63, 3.8) is 0 Å². The summed E-state index contributed by atoms with van der Waals surface area (Å²) in [5.74, 6) is -0.423. The van der Waals surface area contributed by atoms with Gasteiger partial charge >= 0.3 is 5.97 Å². The Balaban J connectivity index is 1.88. The van der Waals surface area contributed by atoms with Gasteiger partial charge in [0.2, 0.25) is 0 Å². The van der Waals surface area contributed by atoms with Crippen molar-refractivity contribution in [2.24, 2.45) is 0 Å². The molecular formula is C8H12O4. The topological polar surface area (TPSA) is 44.8 Å². The quantitative estimate of drug-likeness (QED) is 0.343. The smallest absolute Gasteiger partial charge is 0.330 e. The minimum atomic E-state index is -0.423. The molecule has 4 heteroatoms. The number of carbonyl (C=O) groups excluding carboxylic acids is 1. The molecule has 0 aromatic rings. The Hall–Kier alpha value is -0.870. The van der Waals surface area contributed by atoms with Gasteiger partial charge in [0.15, 0.2) is 6.29 Å². The summed E-state index contributed by atoms with van der Waals surface area (Å²) in [6, 6.07) is 0. The largest absolute Gasteiger partial charge is 0.460 e. The zero-order valence-electron chi connectivity index (χ0n) is 6.82. The fraction of sp³-hybridized carbons (Fsp3) is 0.625. The van der Waals surface area contributed by atoms with Crippen LogP contribution in [0.15, 0.2) is 12.7 Å². The Morgan fingerprint density at radius 3 is 2.92 bits per heavy atom. The van der Waals surface area contributed by atoms with Crippen molar-refractivity contribution in [2.75, 3.05) is 19.8 Å². The molecule has 0 spiro atoms. The van der Waals surface area contributed by atoms with E-state index in [9.17, 15) is 4.79 Å². The summed E-state index contributed by atoms with van der Waals surface area (Å²) in [6.45, 7) is 4.66. The second-order valence-corrected chi connectivity index (χ2v) is 2.33. The van der Waals surface area contributed by atoms with Gasteiger partial charge in [-0.3, -0.25) is 0 Å². The molecule has 0 bridgehead atoms. The predicted octanol–water partition coefficient (Wildman–Crippen LogP) is 0.479. The van der Waals surface area contributed by atoms with Crippen LogP contribution in [-0.2, 0) is 19.0 Å². The minimum Gasteiger partial charge on any atom is -0.460 e. The summed E-state index contributed by atoms with van der Waals surface area (Å²) < 4.78 is 14.8. The van der Waals surface area contributed by atoms with E-state index >= 15 is 0 Å². The third-order valence-electron chi connectivity index (χ3n) is 1.46. The summed E-state index contributed by atoms with van der Waals surface area (Å²) >= 11 is 0. The molecule has 0 amide bonds. The van der Waals surface area contributed by atoms with E-state index in [1.807, 2.05) is 0 Å². The Morgan fingerprint density at radius 1 is 1.67 bits per heavy atom. The Labute approximate surface area is 71.1 Å². The third-order valence-corrected chi connectivity index (χ3v) is 1.46. The zero-order chi connectivity index (χ0) is 8.81. The van der Waals surface area contributed by atoms with E-state index in [1.54, 1.807) is 0 Å². The molecule has 68 valence electrons. The second-order valence-electron chi connectivity index (χ2n) is 2.33. The first-order chi connectivity index (χ1) is 5.83. The number of carbonyl (C=O) groups is 1. The highest BCUT2D eigenvalue weighted by atomic mass is 16.7. The van der Waals surface area contributed by atoms with E-state index in [0.717, 1.165) is 19.1 Å². The molecule has 1 rings (SSSR count). The molecule has 1 saturated heterocycles. The van der Waals surface area contributed by atoms with Gasteiger partial charge < -0.3 is 14.2 Å². The van der Waals surface area contributed by atoms with E-state index in [4.69, 9.17) is 9.47 Å². The monoisotopic (exact) mass is 172 g/mol. The van der Waals surface area contributed by atoms with Crippen molar-refractivity contribution in [3.05, 3.63) is 12.7 Å². The molecule has 4 nitrogen and oxygen atoms in total. The number of esters is 1. The summed E-state index contributed by atoms with van der Waals surface area (Å²) in [6.07, 6.45) is 1.96. The van der Waals surface area contributed by atoms with Crippen molar-refractivity contribution in [3.8, 4) is 0 Å². The first-order valence-corrected chi connectivity index (χ1v) is 3.85. The molecule has 0 N–H and O–H groups in total. The molecule has 1 fully saturated rings. The first-order valence-electron chi connectivity index (χ1n) is 3.85. The van der Waals surface area contributed by atoms with Gasteiger partial charge in [0.05, 0.1) is 13.2 Å². The van der Waals surface area contributed by atoms with Crippen molar-refractivity contribution >= 4 is 5.97 Å². The number of hydrogen-bond donors (Lipinski definition) is 0. The van der Waals surface area contributed by atoms with Crippen LogP contribution >= 0.6 is 0 Å². The third kappa shape index (κ3) is 3.02. The Bertz CT molecular complexity index is 162. The predicted molar refractivity (Wildman–Crippen MR) is 41.5 cm³/mol. The lowest BCUT2D eigenvalue weighted by atomic mass is 10.3. The summed E-state index contributed by atoms with van der Waals surface area (Å²) in [4.78, 5) is 10.5. The average molecular weight is 172 g/mol. The van der Waals surface area contributed by atoms with E-state index in [2.05, 4.69) is 11.3 Å². The highest BCUT2D eigenvalue weighted by molar-refractivity contribution is 5.81. The molecule has 1 heterocycles. The SMILES string of the molecule is C=CC(=O)OCCOC1CCO1. The molecule has 1 unspecified atom stereocenters. The molecule has 1 aliphatic heterocycles. The molecule has 1 atom stereocenters. The fourth-order valence-electron chi connectivity index (χ4n) is 0.726. The lowest BCUT2D eigenvalue weighted by Gasteiger charge is -2.25. The maximum absolute atomic E-state index is 10.5. The van der Waals surface area contributed by atoms with Crippen LogP contribution in [0.2, 0.25) is 0 Å². The minimum absolute atomic E-state index is 0.0903. The van der Waals surface area contributed by atoms with Crippen LogP contribution in [0.25, 0.3) is 0 Å². The average Bonchev–Trinajstić information content (AvgIpc) is 2.00. The maximum Gasteiger partial charge on any atom is 0.330 e. The molecule has 0 radical (unpaired) electrons. The summed E-state index contributed by atoms with van der Waals surface area (Å²) in [5.41, 5.74) is 0. The van der Waals surface area contributed by atoms with Crippen LogP contribution in [0.1, 0.15) is 6.42 Å². The van der Waals surface area contributed by atoms with Gasteiger partial charge in [-0.15, -0.1) is 0 Å². The van der Waals surface area contributed by atoms with E-state index in [1.165, 1.54) is 0 Å². The molecule has 0 aliphatic carbocycles. The van der Waals surface area contributed by atoms with E-state index in [-0.39, 0.29) is 12.9 Å². The molecule has 0 aromatic carbocycles. The van der Waals surface area contributed by atoms with Crippen LogP contribution in [-0.4, -0.2) is 32.1 Å². The van der Waals surface area contributed by atoms with Crippen molar-refractivity contribution < 1.29 is 19.0 Å². The maximum atomic E-state index is 10.5. The number of ether oxygens (including phenoxy) is 3. The standard InChI is InChI=1S/C8H12O4/c1-2-7(9)10-5-6-12-8-3-4-11-8/h2,8H,1,3-6H2. The highest BCUT2D eigenvalue weighted by Gasteiger charge is 2.17. The summed E-state index contributed by atoms with van der Waals surface area (Å²) in [7, 11) is 0. The van der Waals surface area contributed by atoms with E-state index in [0.29, 0.717) is 6.61 Å². The van der Waals surface area contributed by atoms with Gasteiger partial charge in [-0.25, -0.2) is 4.79 Å². The van der Waals surface area contributed by atoms with Crippen LogP contribution in [0.3, 0.4) is 0 Å². The second kappa shape index (κ2) is 4.90. The van der Waals surface area contributed by atoms with Crippen molar-refractivity contribution in [1.82, 2.24) is 0 Å². The van der Waals surface area contributed by atoms with Gasteiger partial charge in [-0.1, -0.05) is 6.58 Å². The van der Waals surface area contributed by atoms with Crippen LogP contribution in [0.5, 0.6) is 0 Å². The van der Waals surface area contributed by atoms with E-state index < -0.39 is 5.97 Å². The van der Waals surface area contributed by atoms with Crippen molar-refractivity contribution in [1.29, 1.82) is 0 Å². The molecule has 1 aliphatic rings. The molecular weight excluding hydrogens is 160 g/mol. The van der Waals surface area contributed by atoms with Gasteiger partial charge in [0.25, 0.3) is 0 Å². The van der Waals surface area contributed by atoms with Crippen molar-refractivity contribution in [2.45, 2.75) is 12.7 Å². The van der Waals surface area contributed by atoms with Gasteiger partial charge in [0.1, 0.15) is 6.61 Å². The zero-order valence-corrected chi connectivity index (χ0v) is 6.82. The Morgan fingerprint density at radius 2 is 2.42 bits per heavy atom. The van der Waals surface area contributed by atoms with Crippen LogP contribution < -0.4 is 0 Å². The fourth-order valence-corrected chi connectivity index (χ4v) is 0.726. The van der Waals surface area contributed by atoms with Gasteiger partial charge in [-0.2, -0.15) is 0 Å². The van der Waals surface area contributed by atoms with Gasteiger partial charge in [0, 0.05) is 12.5 Å². The lowest BCUT2D eigenvalue weighted by Crippen LogP contribution is -2.30.